The molecule has 1 unspecified atom stereocenters. The van der Waals surface area contributed by atoms with E-state index in [-0.39, 0.29) is 23.1 Å². The Labute approximate surface area is 198 Å². The highest BCUT2D eigenvalue weighted by Crippen LogP contribution is 2.31. The van der Waals surface area contributed by atoms with Gasteiger partial charge in [-0.3, -0.25) is 10.1 Å². The van der Waals surface area contributed by atoms with Crippen molar-refractivity contribution in [1.29, 1.82) is 0 Å². The number of anilines is 1. The molecule has 1 atom stereocenters. The number of rotatable bonds is 7. The van der Waals surface area contributed by atoms with Gasteiger partial charge in [0.05, 0.1) is 16.7 Å². The molecular weight excluding hydrogens is 458 g/mol. The molecule has 174 valence electrons. The Balaban J connectivity index is 1.47. The Hall–Kier alpha value is -2.59. The van der Waals surface area contributed by atoms with Gasteiger partial charge in [0.1, 0.15) is 0 Å². The van der Waals surface area contributed by atoms with Gasteiger partial charge in [-0.1, -0.05) is 23.8 Å². The number of benzene rings is 2. The number of aromatic nitrogens is 1. The molecule has 9 heteroatoms. The number of amides is 1. The molecule has 1 aliphatic rings. The predicted molar refractivity (Wildman–Crippen MR) is 130 cm³/mol. The zero-order valence-electron chi connectivity index (χ0n) is 18.8. The molecule has 2 heterocycles. The summed E-state index contributed by atoms with van der Waals surface area (Å²) in [5.41, 5.74) is 5.56. The molecule has 7 nitrogen and oxygen atoms in total. The lowest BCUT2D eigenvalue weighted by atomic mass is 9.98. The number of nitrogens with one attached hydrogen (secondary N) is 2. The minimum absolute atomic E-state index is 0.0406. The smallest absolute Gasteiger partial charge is 0.257 e. The zero-order chi connectivity index (χ0) is 23.6. The van der Waals surface area contributed by atoms with Gasteiger partial charge in [-0.2, -0.15) is 0 Å². The normalized spacial score (nSPS) is 16.2. The summed E-state index contributed by atoms with van der Waals surface area (Å²) in [6.45, 7) is 7.03. The fourth-order valence-corrected chi connectivity index (χ4v) is 5.90. The molecule has 33 heavy (non-hydrogen) atoms. The fraction of sp³-hybridized carbons (Fsp3) is 0.333. The average Bonchev–Trinajstić information content (AvgIpc) is 3.44. The summed E-state index contributed by atoms with van der Waals surface area (Å²) < 4.78 is 33.4. The van der Waals surface area contributed by atoms with Crippen LogP contribution in [0.4, 0.5) is 5.13 Å². The lowest BCUT2D eigenvalue weighted by molar-refractivity contribution is 0.102. The molecular formula is C24H27N3O4S2. The van der Waals surface area contributed by atoms with Crippen LogP contribution < -0.4 is 10.0 Å². The maximum Gasteiger partial charge on any atom is 0.257 e. The van der Waals surface area contributed by atoms with Crippen LogP contribution in [0.5, 0.6) is 0 Å². The molecule has 0 aliphatic carbocycles. The molecule has 1 aliphatic heterocycles. The standard InChI is InChI=1S/C24H27N3O4S2/c1-15-10-16(2)22(17(3)11-15)21-14-32-24(26-21)27-23(28)18-6-4-8-20(12-18)33(29,30)25-13-19-7-5-9-31-19/h4,6,8,10-12,14,19,25H,5,7,9,13H2,1-3H3,(H,26,27,28). The second-order valence-corrected chi connectivity index (χ2v) is 10.9. The Kier molecular flexibility index (Phi) is 6.94. The number of hydrogen-bond acceptors (Lipinski definition) is 6. The van der Waals surface area contributed by atoms with E-state index in [1.165, 1.54) is 29.0 Å². The summed E-state index contributed by atoms with van der Waals surface area (Å²) in [6, 6.07) is 10.2. The van der Waals surface area contributed by atoms with Crippen molar-refractivity contribution in [3.05, 3.63) is 64.0 Å². The van der Waals surface area contributed by atoms with Crippen molar-refractivity contribution in [3.8, 4) is 11.3 Å². The van der Waals surface area contributed by atoms with Gasteiger partial charge in [0.25, 0.3) is 5.91 Å². The van der Waals surface area contributed by atoms with Gasteiger partial charge in [0, 0.05) is 29.7 Å². The number of sulfonamides is 1. The molecule has 2 N–H and O–H groups in total. The first-order chi connectivity index (χ1) is 15.7. The van der Waals surface area contributed by atoms with Crippen molar-refractivity contribution in [1.82, 2.24) is 9.71 Å². The van der Waals surface area contributed by atoms with E-state index in [1.54, 1.807) is 12.1 Å². The summed E-state index contributed by atoms with van der Waals surface area (Å²) >= 11 is 1.33. The summed E-state index contributed by atoms with van der Waals surface area (Å²) in [6.07, 6.45) is 1.66. The monoisotopic (exact) mass is 485 g/mol. The van der Waals surface area contributed by atoms with Gasteiger partial charge >= 0.3 is 0 Å². The number of carbonyl (C=O) groups is 1. The van der Waals surface area contributed by atoms with E-state index in [2.05, 4.69) is 34.1 Å². The second-order valence-electron chi connectivity index (χ2n) is 8.28. The van der Waals surface area contributed by atoms with Crippen molar-refractivity contribution < 1.29 is 17.9 Å². The van der Waals surface area contributed by atoms with Crippen LogP contribution in [-0.2, 0) is 14.8 Å². The molecule has 1 amide bonds. The molecule has 1 aromatic heterocycles. The van der Waals surface area contributed by atoms with Crippen LogP contribution in [0.15, 0.2) is 46.7 Å². The lowest BCUT2D eigenvalue weighted by Crippen LogP contribution is -2.32. The van der Waals surface area contributed by atoms with Gasteiger partial charge < -0.3 is 4.74 Å². The van der Waals surface area contributed by atoms with E-state index in [0.717, 1.165) is 35.2 Å². The SMILES string of the molecule is Cc1cc(C)c(-c2csc(NC(=O)c3cccc(S(=O)(=O)NCC4CCCO4)c3)n2)c(C)c1. The average molecular weight is 486 g/mol. The van der Waals surface area contributed by atoms with Gasteiger partial charge in [0.15, 0.2) is 5.13 Å². The maximum absolute atomic E-state index is 12.8. The topological polar surface area (TPSA) is 97.4 Å². The van der Waals surface area contributed by atoms with E-state index >= 15 is 0 Å². The molecule has 1 fully saturated rings. The fourth-order valence-electron chi connectivity index (χ4n) is 4.10. The number of nitrogens with zero attached hydrogens (tertiary/aromatic N) is 1. The van der Waals surface area contributed by atoms with E-state index in [0.29, 0.717) is 11.7 Å². The highest BCUT2D eigenvalue weighted by molar-refractivity contribution is 7.89. The Morgan fingerprint density at radius 2 is 1.94 bits per heavy atom. The minimum atomic E-state index is -3.74. The maximum atomic E-state index is 12.8. The molecule has 0 saturated carbocycles. The van der Waals surface area contributed by atoms with Crippen LogP contribution in [0.3, 0.4) is 0 Å². The van der Waals surface area contributed by atoms with Crippen LogP contribution in [0.1, 0.15) is 39.9 Å². The molecule has 4 rings (SSSR count). The molecule has 0 spiro atoms. The van der Waals surface area contributed by atoms with Crippen LogP contribution in [-0.4, -0.2) is 38.6 Å². The first-order valence-corrected chi connectivity index (χ1v) is 13.2. The third-order valence-electron chi connectivity index (χ3n) is 5.59. The number of thiazole rings is 1. The third-order valence-corrected chi connectivity index (χ3v) is 7.77. The number of aryl methyl sites for hydroxylation is 3. The quantitative estimate of drug-likeness (QED) is 0.515. The summed E-state index contributed by atoms with van der Waals surface area (Å²) in [5, 5.41) is 5.16. The largest absolute Gasteiger partial charge is 0.377 e. The third kappa shape index (κ3) is 5.50. The first kappa shape index (κ1) is 23.6. The van der Waals surface area contributed by atoms with Crippen LogP contribution in [0.2, 0.25) is 0 Å². The van der Waals surface area contributed by atoms with Gasteiger partial charge in [-0.05, 0) is 62.9 Å². The van der Waals surface area contributed by atoms with Crippen molar-refractivity contribution in [2.45, 2.75) is 44.6 Å². The second kappa shape index (κ2) is 9.72. The van der Waals surface area contributed by atoms with E-state index < -0.39 is 15.9 Å². The van der Waals surface area contributed by atoms with Crippen LogP contribution in [0.25, 0.3) is 11.3 Å². The predicted octanol–water partition coefficient (Wildman–Crippen LogP) is 4.44. The molecule has 1 saturated heterocycles. The number of carbonyl (C=O) groups excluding carboxylic acids is 1. The molecule has 3 aromatic rings. The van der Waals surface area contributed by atoms with E-state index in [1.807, 2.05) is 19.2 Å². The zero-order valence-corrected chi connectivity index (χ0v) is 20.5. The Bertz CT molecular complexity index is 1260. The molecule has 0 radical (unpaired) electrons. The van der Waals surface area contributed by atoms with Crippen LogP contribution in [0, 0.1) is 20.8 Å². The number of hydrogen-bond donors (Lipinski definition) is 2. The van der Waals surface area contributed by atoms with Crippen LogP contribution >= 0.6 is 11.3 Å². The highest BCUT2D eigenvalue weighted by atomic mass is 32.2. The Morgan fingerprint density at radius 1 is 1.18 bits per heavy atom. The summed E-state index contributed by atoms with van der Waals surface area (Å²) in [4.78, 5) is 17.4. The first-order valence-electron chi connectivity index (χ1n) is 10.8. The Morgan fingerprint density at radius 3 is 2.64 bits per heavy atom. The summed E-state index contributed by atoms with van der Waals surface area (Å²) in [5.74, 6) is -0.413. The van der Waals surface area contributed by atoms with Crippen molar-refractivity contribution >= 4 is 32.4 Å². The van der Waals surface area contributed by atoms with E-state index in [9.17, 15) is 13.2 Å². The number of ether oxygens (including phenoxy) is 1. The van der Waals surface area contributed by atoms with Gasteiger partial charge in [0.2, 0.25) is 10.0 Å². The highest BCUT2D eigenvalue weighted by Gasteiger charge is 2.21. The van der Waals surface area contributed by atoms with Gasteiger partial charge in [-0.15, -0.1) is 11.3 Å². The lowest BCUT2D eigenvalue weighted by Gasteiger charge is -2.12. The van der Waals surface area contributed by atoms with Crippen molar-refractivity contribution in [3.63, 3.8) is 0 Å². The molecule has 2 aromatic carbocycles. The van der Waals surface area contributed by atoms with Crippen molar-refractivity contribution in [2.75, 3.05) is 18.5 Å². The van der Waals surface area contributed by atoms with Gasteiger partial charge in [-0.25, -0.2) is 18.1 Å². The summed E-state index contributed by atoms with van der Waals surface area (Å²) in [7, 11) is -3.74. The van der Waals surface area contributed by atoms with Crippen molar-refractivity contribution in [2.24, 2.45) is 0 Å². The molecule has 0 bridgehead atoms. The minimum Gasteiger partial charge on any atom is -0.377 e. The van der Waals surface area contributed by atoms with E-state index in [4.69, 9.17) is 4.74 Å².